The summed E-state index contributed by atoms with van der Waals surface area (Å²) in [6, 6.07) is 9.38. The maximum absolute atomic E-state index is 3.62. The maximum atomic E-state index is 3.62. The molecular formula is C16H25BrN2. The average Bonchev–Trinajstić information content (AvgIpc) is 2.44. The highest BCUT2D eigenvalue weighted by Gasteiger charge is 2.12. The molecule has 19 heavy (non-hydrogen) atoms. The highest BCUT2D eigenvalue weighted by Crippen LogP contribution is 2.13. The molecule has 1 fully saturated rings. The fraction of sp³-hybridized carbons (Fsp3) is 0.625. The van der Waals surface area contributed by atoms with Crippen LogP contribution in [0.5, 0.6) is 0 Å². The molecule has 0 aromatic heterocycles. The minimum absolute atomic E-state index is 0.752. The summed E-state index contributed by atoms with van der Waals surface area (Å²) < 4.78 is 1.18. The van der Waals surface area contributed by atoms with Crippen molar-refractivity contribution < 1.29 is 0 Å². The Morgan fingerprint density at radius 3 is 2.95 bits per heavy atom. The number of benzene rings is 1. The number of rotatable bonds is 6. The van der Waals surface area contributed by atoms with Gasteiger partial charge in [0.05, 0.1) is 0 Å². The minimum atomic E-state index is 0.752. The molecule has 0 aliphatic carbocycles. The second kappa shape index (κ2) is 8.03. The summed E-state index contributed by atoms with van der Waals surface area (Å²) in [7, 11) is 2.24. The van der Waals surface area contributed by atoms with Crippen LogP contribution in [0.1, 0.15) is 31.2 Å². The lowest BCUT2D eigenvalue weighted by molar-refractivity contribution is 0.290. The summed E-state index contributed by atoms with van der Waals surface area (Å²) in [5, 5.41) is 3.62. The fourth-order valence-electron chi connectivity index (χ4n) is 2.67. The van der Waals surface area contributed by atoms with Crippen LogP contribution in [0.3, 0.4) is 0 Å². The van der Waals surface area contributed by atoms with E-state index in [2.05, 4.69) is 57.5 Å². The van der Waals surface area contributed by atoms with Crippen LogP contribution in [0.15, 0.2) is 28.7 Å². The molecule has 1 aromatic rings. The van der Waals surface area contributed by atoms with Crippen molar-refractivity contribution in [3.63, 3.8) is 0 Å². The molecule has 106 valence electrons. The predicted molar refractivity (Wildman–Crippen MR) is 85.6 cm³/mol. The summed E-state index contributed by atoms with van der Waals surface area (Å²) >= 11 is 3.53. The quantitative estimate of drug-likeness (QED) is 0.862. The van der Waals surface area contributed by atoms with Crippen LogP contribution < -0.4 is 5.32 Å². The first-order valence-electron chi connectivity index (χ1n) is 7.40. The molecule has 3 heteroatoms. The number of nitrogens with one attached hydrogen (secondary N) is 1. The van der Waals surface area contributed by atoms with Crippen LogP contribution in [0, 0.1) is 0 Å². The summed E-state index contributed by atoms with van der Waals surface area (Å²) in [5.74, 6) is 0. The van der Waals surface area contributed by atoms with Crippen molar-refractivity contribution in [1.29, 1.82) is 0 Å². The van der Waals surface area contributed by atoms with Crippen LogP contribution in [-0.4, -0.2) is 37.6 Å². The minimum Gasteiger partial charge on any atom is -0.314 e. The Labute approximate surface area is 125 Å². The van der Waals surface area contributed by atoms with E-state index in [4.69, 9.17) is 0 Å². The van der Waals surface area contributed by atoms with Crippen molar-refractivity contribution in [3.05, 3.63) is 34.3 Å². The monoisotopic (exact) mass is 324 g/mol. The van der Waals surface area contributed by atoms with Gasteiger partial charge in [-0.15, -0.1) is 0 Å². The van der Waals surface area contributed by atoms with E-state index < -0.39 is 0 Å². The van der Waals surface area contributed by atoms with E-state index in [9.17, 15) is 0 Å². The number of hydrogen-bond acceptors (Lipinski definition) is 2. The second-order valence-electron chi connectivity index (χ2n) is 5.62. The molecule has 1 aliphatic rings. The van der Waals surface area contributed by atoms with E-state index in [0.717, 1.165) is 19.0 Å². The first-order chi connectivity index (χ1) is 9.24. The summed E-state index contributed by atoms with van der Waals surface area (Å²) in [4.78, 5) is 2.46. The molecule has 1 unspecified atom stereocenters. The number of hydrogen-bond donors (Lipinski definition) is 1. The first-order valence-corrected chi connectivity index (χ1v) is 8.20. The smallest absolute Gasteiger partial charge is 0.0178 e. The normalized spacial score (nSPS) is 19.8. The van der Waals surface area contributed by atoms with Gasteiger partial charge in [-0.05, 0) is 63.5 Å². The lowest BCUT2D eigenvalue weighted by atomic mass is 10.0. The van der Waals surface area contributed by atoms with E-state index in [1.54, 1.807) is 0 Å². The van der Waals surface area contributed by atoms with E-state index in [-0.39, 0.29) is 0 Å². The molecule has 1 atom stereocenters. The first kappa shape index (κ1) is 15.0. The van der Waals surface area contributed by atoms with Gasteiger partial charge in [0.2, 0.25) is 0 Å². The van der Waals surface area contributed by atoms with Crippen LogP contribution in [0.4, 0.5) is 0 Å². The van der Waals surface area contributed by atoms with Crippen molar-refractivity contribution in [1.82, 2.24) is 10.2 Å². The Morgan fingerprint density at radius 1 is 1.32 bits per heavy atom. The molecular weight excluding hydrogens is 300 g/mol. The van der Waals surface area contributed by atoms with Crippen LogP contribution in [0.25, 0.3) is 0 Å². The molecule has 1 N–H and O–H groups in total. The van der Waals surface area contributed by atoms with Crippen molar-refractivity contribution in [2.24, 2.45) is 0 Å². The van der Waals surface area contributed by atoms with Gasteiger partial charge in [0, 0.05) is 17.1 Å². The third-order valence-electron chi connectivity index (χ3n) is 3.94. The number of halogens is 1. The molecule has 2 rings (SSSR count). The van der Waals surface area contributed by atoms with E-state index in [0.29, 0.717) is 0 Å². The summed E-state index contributed by atoms with van der Waals surface area (Å²) in [5.41, 5.74) is 1.41. The zero-order chi connectivity index (χ0) is 13.5. The molecule has 1 aromatic carbocycles. The third kappa shape index (κ3) is 5.64. The van der Waals surface area contributed by atoms with E-state index >= 15 is 0 Å². The standard InChI is InChI=1S/C16H25BrN2/c1-19(12-9-16-7-2-3-10-18-16)11-8-14-5-4-6-15(17)13-14/h4-6,13,16,18H,2-3,7-12H2,1H3. The molecule has 0 saturated carbocycles. The molecule has 1 aliphatic heterocycles. The molecule has 0 spiro atoms. The van der Waals surface area contributed by atoms with Gasteiger partial charge in [-0.1, -0.05) is 34.5 Å². The maximum Gasteiger partial charge on any atom is 0.0178 e. The molecule has 0 amide bonds. The van der Waals surface area contributed by atoms with Crippen LogP contribution >= 0.6 is 15.9 Å². The van der Waals surface area contributed by atoms with Crippen molar-refractivity contribution in [2.75, 3.05) is 26.7 Å². The Kier molecular flexibility index (Phi) is 6.35. The third-order valence-corrected chi connectivity index (χ3v) is 4.44. The van der Waals surface area contributed by atoms with Gasteiger partial charge in [0.25, 0.3) is 0 Å². The summed E-state index contributed by atoms with van der Waals surface area (Å²) in [6.07, 6.45) is 6.54. The fourth-order valence-corrected chi connectivity index (χ4v) is 3.12. The van der Waals surface area contributed by atoms with Gasteiger partial charge in [-0.3, -0.25) is 0 Å². The second-order valence-corrected chi connectivity index (χ2v) is 6.53. The SMILES string of the molecule is CN(CCc1cccc(Br)c1)CCC1CCCCN1. The summed E-state index contributed by atoms with van der Waals surface area (Å²) in [6.45, 7) is 3.56. The lowest BCUT2D eigenvalue weighted by Crippen LogP contribution is -2.37. The Hall–Kier alpha value is -0.380. The molecule has 1 saturated heterocycles. The average molecular weight is 325 g/mol. The zero-order valence-corrected chi connectivity index (χ0v) is 13.5. The van der Waals surface area contributed by atoms with Gasteiger partial charge < -0.3 is 10.2 Å². The van der Waals surface area contributed by atoms with Gasteiger partial charge in [-0.25, -0.2) is 0 Å². The number of piperidine rings is 1. The largest absolute Gasteiger partial charge is 0.314 e. The van der Waals surface area contributed by atoms with E-state index in [1.807, 2.05) is 0 Å². The zero-order valence-electron chi connectivity index (χ0n) is 11.9. The highest BCUT2D eigenvalue weighted by atomic mass is 79.9. The lowest BCUT2D eigenvalue weighted by Gasteiger charge is -2.26. The topological polar surface area (TPSA) is 15.3 Å². The van der Waals surface area contributed by atoms with Gasteiger partial charge in [0.15, 0.2) is 0 Å². The Bertz CT molecular complexity index is 375. The van der Waals surface area contributed by atoms with Crippen LogP contribution in [-0.2, 0) is 6.42 Å². The van der Waals surface area contributed by atoms with Gasteiger partial charge >= 0.3 is 0 Å². The molecule has 1 heterocycles. The van der Waals surface area contributed by atoms with Crippen molar-refractivity contribution in [2.45, 2.75) is 38.1 Å². The molecule has 0 radical (unpaired) electrons. The Morgan fingerprint density at radius 2 is 2.21 bits per heavy atom. The number of nitrogens with zero attached hydrogens (tertiary/aromatic N) is 1. The molecule has 0 bridgehead atoms. The van der Waals surface area contributed by atoms with Gasteiger partial charge in [0.1, 0.15) is 0 Å². The van der Waals surface area contributed by atoms with Crippen LogP contribution in [0.2, 0.25) is 0 Å². The van der Waals surface area contributed by atoms with E-state index in [1.165, 1.54) is 48.8 Å². The predicted octanol–water partition coefficient (Wildman–Crippen LogP) is 3.46. The van der Waals surface area contributed by atoms with Crippen molar-refractivity contribution >= 4 is 15.9 Å². The number of likely N-dealkylation sites (N-methyl/N-ethyl adjacent to an activating group) is 1. The highest BCUT2D eigenvalue weighted by molar-refractivity contribution is 9.10. The van der Waals surface area contributed by atoms with Crippen molar-refractivity contribution in [3.8, 4) is 0 Å². The van der Waals surface area contributed by atoms with Gasteiger partial charge in [-0.2, -0.15) is 0 Å². The Balaban J connectivity index is 1.65. The molecule has 2 nitrogen and oxygen atoms in total.